The van der Waals surface area contributed by atoms with E-state index in [-0.39, 0.29) is 16.7 Å². The highest BCUT2D eigenvalue weighted by Crippen LogP contribution is 2.29. The largest absolute Gasteiger partial charge is 0.376 e. The van der Waals surface area contributed by atoms with Gasteiger partial charge in [0.15, 0.2) is 0 Å². The molecule has 0 saturated carbocycles. The van der Waals surface area contributed by atoms with Crippen LogP contribution in [-0.2, 0) is 14.8 Å². The van der Waals surface area contributed by atoms with Crippen LogP contribution in [0.5, 0.6) is 0 Å². The van der Waals surface area contributed by atoms with E-state index in [2.05, 4.69) is 17.6 Å². The number of sulfonamides is 1. The zero-order valence-corrected chi connectivity index (χ0v) is 17.8. The third-order valence-corrected chi connectivity index (χ3v) is 6.96. The number of carbonyl (C=O) groups excluding carboxylic acids is 1. The molecule has 1 amide bonds. The normalized spacial score (nSPS) is 19.0. The van der Waals surface area contributed by atoms with E-state index in [0.29, 0.717) is 18.0 Å². The Labute approximate surface area is 163 Å². The average Bonchev–Trinajstić information content (AvgIpc) is 2.61. The monoisotopic (exact) mass is 396 g/mol. The van der Waals surface area contributed by atoms with E-state index in [1.54, 1.807) is 12.1 Å². The highest BCUT2D eigenvalue weighted by atomic mass is 32.2. The number of piperidine rings is 1. The van der Waals surface area contributed by atoms with Gasteiger partial charge in [-0.2, -0.15) is 0 Å². The van der Waals surface area contributed by atoms with Crippen LogP contribution in [0.25, 0.3) is 0 Å². The molecule has 0 radical (unpaired) electrons. The zero-order valence-electron chi connectivity index (χ0n) is 16.9. The summed E-state index contributed by atoms with van der Waals surface area (Å²) in [6.45, 7) is 4.11. The van der Waals surface area contributed by atoms with Gasteiger partial charge in [-0.3, -0.25) is 4.79 Å². The van der Waals surface area contributed by atoms with Crippen LogP contribution < -0.4 is 15.5 Å². The van der Waals surface area contributed by atoms with Gasteiger partial charge in [0.1, 0.15) is 0 Å². The number of benzene rings is 1. The van der Waals surface area contributed by atoms with Crippen molar-refractivity contribution in [1.82, 2.24) is 9.62 Å². The van der Waals surface area contributed by atoms with Gasteiger partial charge in [-0.25, -0.2) is 12.7 Å². The van der Waals surface area contributed by atoms with Crippen molar-refractivity contribution in [2.24, 2.45) is 11.8 Å². The maximum absolute atomic E-state index is 12.6. The Morgan fingerprint density at radius 1 is 1.30 bits per heavy atom. The van der Waals surface area contributed by atoms with Crippen molar-refractivity contribution in [3.63, 3.8) is 0 Å². The summed E-state index contributed by atoms with van der Waals surface area (Å²) in [5.41, 5.74) is 1.29. The van der Waals surface area contributed by atoms with Gasteiger partial charge in [-0.1, -0.05) is 6.92 Å². The molecule has 0 aromatic heterocycles. The molecule has 2 rings (SSSR count). The predicted octanol–water partition coefficient (Wildman–Crippen LogP) is 1.97. The number of anilines is 2. The lowest BCUT2D eigenvalue weighted by molar-refractivity contribution is -0.117. The van der Waals surface area contributed by atoms with Crippen LogP contribution in [0.15, 0.2) is 23.1 Å². The van der Waals surface area contributed by atoms with E-state index in [1.165, 1.54) is 24.5 Å². The molecule has 1 saturated heterocycles. The second-order valence-electron chi connectivity index (χ2n) is 7.70. The highest BCUT2D eigenvalue weighted by Gasteiger charge is 2.24. The summed E-state index contributed by atoms with van der Waals surface area (Å²) in [5, 5.41) is 6.32. The lowest BCUT2D eigenvalue weighted by atomic mass is 9.85. The van der Waals surface area contributed by atoms with Crippen LogP contribution in [0, 0.1) is 11.8 Å². The molecule has 0 spiro atoms. The van der Waals surface area contributed by atoms with Gasteiger partial charge in [0.05, 0.1) is 16.3 Å². The maximum Gasteiger partial charge on any atom is 0.242 e. The summed E-state index contributed by atoms with van der Waals surface area (Å²) in [5.74, 6) is 0.683. The Morgan fingerprint density at radius 2 is 2.00 bits per heavy atom. The van der Waals surface area contributed by atoms with Crippen LogP contribution in [0.4, 0.5) is 11.4 Å². The second kappa shape index (κ2) is 9.03. The molecular weight excluding hydrogens is 364 g/mol. The van der Waals surface area contributed by atoms with Crippen LogP contribution in [0.1, 0.15) is 26.2 Å². The van der Waals surface area contributed by atoms with Gasteiger partial charge in [0.2, 0.25) is 15.9 Å². The number of hydrogen-bond donors (Lipinski definition) is 2. The minimum absolute atomic E-state index is 0.0874. The summed E-state index contributed by atoms with van der Waals surface area (Å²) in [7, 11) is 3.15. The number of nitrogens with one attached hydrogen (secondary N) is 2. The van der Waals surface area contributed by atoms with Crippen molar-refractivity contribution in [3.05, 3.63) is 18.2 Å². The summed E-state index contributed by atoms with van der Waals surface area (Å²) in [4.78, 5) is 14.6. The van der Waals surface area contributed by atoms with E-state index in [4.69, 9.17) is 0 Å². The molecule has 0 bridgehead atoms. The molecule has 7 nitrogen and oxygen atoms in total. The van der Waals surface area contributed by atoms with E-state index in [1.807, 2.05) is 19.0 Å². The molecule has 2 N–H and O–H groups in total. The van der Waals surface area contributed by atoms with Crippen molar-refractivity contribution >= 4 is 27.3 Å². The number of amides is 1. The Morgan fingerprint density at radius 3 is 2.56 bits per heavy atom. The fourth-order valence-electron chi connectivity index (χ4n) is 3.40. The van der Waals surface area contributed by atoms with Crippen molar-refractivity contribution in [1.29, 1.82) is 0 Å². The third-order valence-electron chi connectivity index (χ3n) is 5.15. The third kappa shape index (κ3) is 5.43. The van der Waals surface area contributed by atoms with Gasteiger partial charge >= 0.3 is 0 Å². The van der Waals surface area contributed by atoms with Crippen LogP contribution in [0.2, 0.25) is 0 Å². The molecule has 152 valence electrons. The smallest absolute Gasteiger partial charge is 0.242 e. The van der Waals surface area contributed by atoms with Crippen molar-refractivity contribution in [3.8, 4) is 0 Å². The van der Waals surface area contributed by atoms with E-state index in [0.717, 1.165) is 31.6 Å². The lowest BCUT2D eigenvalue weighted by Gasteiger charge is -2.28. The van der Waals surface area contributed by atoms with Gasteiger partial charge < -0.3 is 15.5 Å². The zero-order chi connectivity index (χ0) is 20.2. The molecule has 1 fully saturated rings. The van der Waals surface area contributed by atoms with Crippen molar-refractivity contribution < 1.29 is 13.2 Å². The van der Waals surface area contributed by atoms with Gasteiger partial charge in [-0.15, -0.1) is 0 Å². The van der Waals surface area contributed by atoms with Crippen LogP contribution in [-0.4, -0.2) is 59.9 Å². The molecule has 2 atom stereocenters. The predicted molar refractivity (Wildman–Crippen MR) is 110 cm³/mol. The number of hydrogen-bond acceptors (Lipinski definition) is 5. The first-order chi connectivity index (χ1) is 12.6. The topological polar surface area (TPSA) is 81.8 Å². The average molecular weight is 397 g/mol. The van der Waals surface area contributed by atoms with Crippen LogP contribution in [0.3, 0.4) is 0 Å². The minimum Gasteiger partial charge on any atom is -0.376 e. The van der Waals surface area contributed by atoms with Crippen molar-refractivity contribution in [2.45, 2.75) is 31.1 Å². The Balaban J connectivity index is 2.18. The van der Waals surface area contributed by atoms with Gasteiger partial charge in [-0.05, 0) is 56.0 Å². The van der Waals surface area contributed by atoms with E-state index in [9.17, 15) is 13.2 Å². The molecule has 1 aliphatic heterocycles. The minimum atomic E-state index is -3.56. The van der Waals surface area contributed by atoms with Crippen LogP contribution >= 0.6 is 0 Å². The summed E-state index contributed by atoms with van der Waals surface area (Å²) >= 11 is 0. The Hall–Kier alpha value is -1.64. The maximum atomic E-state index is 12.6. The Bertz CT molecular complexity index is 756. The molecule has 2 unspecified atom stereocenters. The Kier molecular flexibility index (Phi) is 7.25. The molecule has 27 heavy (non-hydrogen) atoms. The number of nitrogens with zero attached hydrogens (tertiary/aromatic N) is 2. The number of rotatable bonds is 7. The van der Waals surface area contributed by atoms with E-state index < -0.39 is 10.0 Å². The summed E-state index contributed by atoms with van der Waals surface area (Å²) in [6.07, 6.45) is 2.71. The summed E-state index contributed by atoms with van der Waals surface area (Å²) in [6, 6.07) is 4.83. The van der Waals surface area contributed by atoms with Gasteiger partial charge in [0, 0.05) is 34.6 Å². The molecule has 1 aliphatic rings. The molecule has 1 aromatic rings. The highest BCUT2D eigenvalue weighted by molar-refractivity contribution is 7.89. The fourth-order valence-corrected chi connectivity index (χ4v) is 4.33. The number of carbonyl (C=O) groups is 1. The first-order valence-electron chi connectivity index (χ1n) is 9.37. The summed E-state index contributed by atoms with van der Waals surface area (Å²) < 4.78 is 26.0. The quantitative estimate of drug-likeness (QED) is 0.736. The molecule has 0 aliphatic carbocycles. The fraction of sp³-hybridized carbons (Fsp3) is 0.632. The molecular formula is C19H32N4O3S. The van der Waals surface area contributed by atoms with E-state index >= 15 is 0 Å². The first-order valence-corrected chi connectivity index (χ1v) is 10.8. The lowest BCUT2D eigenvalue weighted by Crippen LogP contribution is -2.34. The second-order valence-corrected chi connectivity index (χ2v) is 9.85. The van der Waals surface area contributed by atoms with Gasteiger partial charge in [0.25, 0.3) is 0 Å². The molecule has 1 aromatic carbocycles. The SMILES string of the molecule is CC(CC(=O)Nc1cc(S(=O)(=O)N(C)C)ccc1N(C)C)C1CCCNC1. The molecule has 8 heteroatoms. The standard InChI is InChI=1S/C19H32N4O3S/c1-14(15-7-6-10-20-13-15)11-19(24)21-17-12-16(27(25,26)23(4)5)8-9-18(17)22(2)3/h8-9,12,14-15,20H,6-7,10-11,13H2,1-5H3,(H,21,24). The first kappa shape index (κ1) is 21.7. The molecule has 1 heterocycles. The van der Waals surface area contributed by atoms with Crippen molar-refractivity contribution in [2.75, 3.05) is 51.5 Å².